The fraction of sp³-hybridized carbons (Fsp3) is 0.667. The molecule has 1 aromatic heterocycles. The van der Waals surface area contributed by atoms with Crippen LogP contribution < -0.4 is 0 Å². The van der Waals surface area contributed by atoms with E-state index in [-0.39, 0.29) is 35.6 Å². The molecule has 158 valence electrons. The predicted octanol–water partition coefficient (Wildman–Crippen LogP) is 2.41. The van der Waals surface area contributed by atoms with Gasteiger partial charge in [-0.3, -0.25) is 9.36 Å². The molecule has 3 heterocycles. The fourth-order valence-corrected chi connectivity index (χ4v) is 4.75. The highest BCUT2D eigenvalue weighted by atomic mass is 32.1. The molecular weight excluding hydrogens is 390 g/mol. The summed E-state index contributed by atoms with van der Waals surface area (Å²) in [4.78, 5) is 18.7. The molecule has 0 bridgehead atoms. The highest BCUT2D eigenvalue weighted by molar-refractivity contribution is 7.80. The van der Waals surface area contributed by atoms with E-state index in [2.05, 4.69) is 22.9 Å². The number of hydrogen-bond acceptors (Lipinski definition) is 7. The Labute approximate surface area is 177 Å². The molecule has 0 amide bonds. The van der Waals surface area contributed by atoms with Gasteiger partial charge < -0.3 is 19.1 Å². The molecule has 7 nitrogen and oxygen atoms in total. The summed E-state index contributed by atoms with van der Waals surface area (Å²) in [7, 11) is 3.99. The van der Waals surface area contributed by atoms with Crippen LogP contribution in [0.25, 0.3) is 0 Å². The second-order valence-corrected chi connectivity index (χ2v) is 9.10. The number of aromatic nitrogens is 2. The number of ether oxygens (including phenoxy) is 3. The maximum Gasteiger partial charge on any atom is 0.311 e. The number of imidazole rings is 1. The molecule has 5 atom stereocenters. The molecule has 1 aliphatic carbocycles. The third kappa shape index (κ3) is 4.39. The molecule has 0 N–H and O–H groups in total. The third-order valence-corrected chi connectivity index (χ3v) is 6.59. The lowest BCUT2D eigenvalue weighted by Gasteiger charge is -2.24. The van der Waals surface area contributed by atoms with Crippen LogP contribution in [0.5, 0.6) is 0 Å². The van der Waals surface area contributed by atoms with Crippen molar-refractivity contribution in [1.29, 1.82) is 0 Å². The topological polar surface area (TPSA) is 69.1 Å². The van der Waals surface area contributed by atoms with Crippen molar-refractivity contribution in [3.63, 3.8) is 0 Å². The largest absolute Gasteiger partial charge is 0.466 e. The zero-order valence-electron chi connectivity index (χ0n) is 17.2. The number of allylic oxidation sites excluding steroid dienone is 1. The standard InChI is InChI=1S/C21H29N3O4S/c1-21-8-4-5-14(12-26-20(29)24-10-9-22-13-24)6-7-15-16(11-23(2)3)19(25)27-17(15)18(21)28-21/h5,9-10,13,15-18H,4,6-8,11-12H2,1-3H3/b14-5+/t15?,16?,17-,18-,21+/m0/s1. The fourth-order valence-electron chi connectivity index (χ4n) is 4.58. The van der Waals surface area contributed by atoms with Gasteiger partial charge in [0.05, 0.1) is 11.5 Å². The predicted molar refractivity (Wildman–Crippen MR) is 111 cm³/mol. The molecule has 2 saturated heterocycles. The van der Waals surface area contributed by atoms with Crippen LogP contribution in [0, 0.1) is 11.8 Å². The lowest BCUT2D eigenvalue weighted by molar-refractivity contribution is -0.145. The van der Waals surface area contributed by atoms with E-state index < -0.39 is 0 Å². The van der Waals surface area contributed by atoms with Gasteiger partial charge in [-0.2, -0.15) is 0 Å². The Hall–Kier alpha value is -1.77. The number of rotatable bonds is 4. The molecule has 8 heteroatoms. The van der Waals surface area contributed by atoms with Crippen molar-refractivity contribution >= 4 is 23.4 Å². The first-order chi connectivity index (χ1) is 13.9. The number of carbonyl (C=O) groups excluding carboxylic acids is 1. The summed E-state index contributed by atoms with van der Waals surface area (Å²) in [6.45, 7) is 3.27. The van der Waals surface area contributed by atoms with Crippen molar-refractivity contribution in [2.75, 3.05) is 27.2 Å². The first-order valence-electron chi connectivity index (χ1n) is 10.2. The van der Waals surface area contributed by atoms with Crippen molar-refractivity contribution in [3.05, 3.63) is 30.4 Å². The Morgan fingerprint density at radius 1 is 1.48 bits per heavy atom. The summed E-state index contributed by atoms with van der Waals surface area (Å²) < 4.78 is 19.4. The minimum absolute atomic E-state index is 0.0173. The van der Waals surface area contributed by atoms with E-state index in [1.54, 1.807) is 23.3 Å². The Balaban J connectivity index is 1.47. The third-order valence-electron chi connectivity index (χ3n) is 6.26. The van der Waals surface area contributed by atoms with E-state index >= 15 is 0 Å². The molecule has 29 heavy (non-hydrogen) atoms. The summed E-state index contributed by atoms with van der Waals surface area (Å²) >= 11 is 5.33. The molecule has 0 saturated carbocycles. The Morgan fingerprint density at radius 2 is 2.31 bits per heavy atom. The maximum atomic E-state index is 12.6. The second kappa shape index (κ2) is 8.16. The first kappa shape index (κ1) is 20.5. The smallest absolute Gasteiger partial charge is 0.311 e. The minimum atomic E-state index is -0.206. The first-order valence-corrected chi connectivity index (χ1v) is 10.6. The van der Waals surface area contributed by atoms with Gasteiger partial charge in [-0.1, -0.05) is 6.08 Å². The summed E-state index contributed by atoms with van der Waals surface area (Å²) in [6, 6.07) is 0. The molecular formula is C21H29N3O4S. The van der Waals surface area contributed by atoms with Crippen LogP contribution in [-0.4, -0.2) is 70.7 Å². The number of thiocarbonyl (C=S) groups is 1. The van der Waals surface area contributed by atoms with Gasteiger partial charge in [0, 0.05) is 24.9 Å². The van der Waals surface area contributed by atoms with Crippen molar-refractivity contribution in [1.82, 2.24) is 14.5 Å². The Morgan fingerprint density at radius 3 is 3.03 bits per heavy atom. The number of carbonyl (C=O) groups is 1. The van der Waals surface area contributed by atoms with Gasteiger partial charge in [-0.15, -0.1) is 0 Å². The van der Waals surface area contributed by atoms with Gasteiger partial charge in [0.2, 0.25) is 0 Å². The number of hydrogen-bond donors (Lipinski definition) is 0. The number of fused-ring (bicyclic) bond motifs is 3. The Kier molecular flexibility index (Phi) is 5.77. The molecule has 2 fully saturated rings. The van der Waals surface area contributed by atoms with Crippen LogP contribution in [0.15, 0.2) is 30.4 Å². The average Bonchev–Trinajstić information content (AvgIpc) is 3.00. The number of nitrogens with zero attached hydrogens (tertiary/aromatic N) is 3. The van der Waals surface area contributed by atoms with Crippen molar-refractivity contribution < 1.29 is 19.0 Å². The van der Waals surface area contributed by atoms with E-state index in [0.717, 1.165) is 25.7 Å². The van der Waals surface area contributed by atoms with Gasteiger partial charge in [-0.25, -0.2) is 4.98 Å². The lowest BCUT2D eigenvalue weighted by atomic mass is 9.80. The van der Waals surface area contributed by atoms with E-state index in [1.807, 2.05) is 14.1 Å². The monoisotopic (exact) mass is 419 g/mol. The van der Waals surface area contributed by atoms with Crippen LogP contribution in [0.3, 0.4) is 0 Å². The van der Waals surface area contributed by atoms with Crippen LogP contribution >= 0.6 is 12.2 Å². The van der Waals surface area contributed by atoms with Gasteiger partial charge in [-0.05, 0) is 64.5 Å². The molecule has 0 radical (unpaired) electrons. The zero-order chi connectivity index (χ0) is 20.6. The summed E-state index contributed by atoms with van der Waals surface area (Å²) in [6.07, 6.45) is 10.7. The van der Waals surface area contributed by atoms with Crippen molar-refractivity contribution in [2.24, 2.45) is 11.8 Å². The minimum Gasteiger partial charge on any atom is -0.466 e. The van der Waals surface area contributed by atoms with E-state index in [0.29, 0.717) is 18.3 Å². The number of epoxide rings is 1. The van der Waals surface area contributed by atoms with Gasteiger partial charge >= 0.3 is 5.97 Å². The second-order valence-electron chi connectivity index (χ2n) is 8.75. The van der Waals surface area contributed by atoms with Gasteiger partial charge in [0.15, 0.2) is 0 Å². The number of esters is 1. The summed E-state index contributed by atoms with van der Waals surface area (Å²) in [5.41, 5.74) is 0.999. The van der Waals surface area contributed by atoms with Crippen LogP contribution in [0.2, 0.25) is 0 Å². The Bertz CT molecular complexity index is 794. The molecule has 1 aromatic rings. The quantitative estimate of drug-likeness (QED) is 0.321. The summed E-state index contributed by atoms with van der Waals surface area (Å²) in [5.74, 6) is -0.0512. The molecule has 0 aromatic carbocycles. The maximum absolute atomic E-state index is 12.6. The van der Waals surface area contributed by atoms with Crippen molar-refractivity contribution in [3.8, 4) is 0 Å². The van der Waals surface area contributed by atoms with Gasteiger partial charge in [0.1, 0.15) is 25.1 Å². The zero-order valence-corrected chi connectivity index (χ0v) is 18.1. The lowest BCUT2D eigenvalue weighted by Crippen LogP contribution is -2.34. The highest BCUT2D eigenvalue weighted by Crippen LogP contribution is 2.50. The molecule has 0 spiro atoms. The summed E-state index contributed by atoms with van der Waals surface area (Å²) in [5, 5.41) is 0.390. The molecule has 3 aliphatic rings. The SMILES string of the molecule is CN(C)CC1C(=O)O[C@H]2C1CC/C(COC(=S)n1ccnc1)=C\CC[C@@]1(C)O[C@@H]21. The molecule has 2 aliphatic heterocycles. The van der Waals surface area contributed by atoms with E-state index in [9.17, 15) is 4.79 Å². The average molecular weight is 420 g/mol. The van der Waals surface area contributed by atoms with E-state index in [4.69, 9.17) is 26.4 Å². The van der Waals surface area contributed by atoms with Crippen molar-refractivity contribution in [2.45, 2.75) is 50.4 Å². The normalized spacial score (nSPS) is 35.9. The molecule has 4 rings (SSSR count). The molecule has 2 unspecified atom stereocenters. The van der Waals surface area contributed by atoms with E-state index in [1.165, 1.54) is 5.57 Å². The highest BCUT2D eigenvalue weighted by Gasteiger charge is 2.62. The van der Waals surface area contributed by atoms with Crippen LogP contribution in [0.4, 0.5) is 0 Å². The van der Waals surface area contributed by atoms with Crippen LogP contribution in [-0.2, 0) is 19.0 Å². The van der Waals surface area contributed by atoms with Gasteiger partial charge in [0.25, 0.3) is 5.17 Å². The van der Waals surface area contributed by atoms with Crippen LogP contribution in [0.1, 0.15) is 32.6 Å².